The van der Waals surface area contributed by atoms with E-state index in [9.17, 15) is 4.79 Å². The third kappa shape index (κ3) is 3.89. The first-order valence-corrected chi connectivity index (χ1v) is 7.81. The van der Waals surface area contributed by atoms with Crippen molar-refractivity contribution >= 4 is 23.2 Å². The Morgan fingerprint density at radius 2 is 1.95 bits per heavy atom. The monoisotopic (exact) mass is 294 g/mol. The van der Waals surface area contributed by atoms with Crippen molar-refractivity contribution in [3.8, 4) is 0 Å². The standard InChI is InChI=1S/C16H23ClN2O/c1-11(12-6-4-2-3-5-7-12)19-16(20)13-8-9-14(17)15(18)10-13/h8-12H,2-7,18H2,1H3,(H,19,20)/t11-/m1/s1. The van der Waals surface area contributed by atoms with Crippen LogP contribution in [0.3, 0.4) is 0 Å². The number of carbonyl (C=O) groups excluding carboxylic acids is 1. The highest BCUT2D eigenvalue weighted by atomic mass is 35.5. The van der Waals surface area contributed by atoms with Gasteiger partial charge in [-0.2, -0.15) is 0 Å². The zero-order valence-corrected chi connectivity index (χ0v) is 12.7. The van der Waals surface area contributed by atoms with Crippen molar-refractivity contribution in [2.24, 2.45) is 5.92 Å². The number of rotatable bonds is 3. The van der Waals surface area contributed by atoms with E-state index in [2.05, 4.69) is 12.2 Å². The highest BCUT2D eigenvalue weighted by Crippen LogP contribution is 2.26. The van der Waals surface area contributed by atoms with Crippen LogP contribution in [0.2, 0.25) is 5.02 Å². The molecule has 1 amide bonds. The Labute approximate surface area is 125 Å². The van der Waals surface area contributed by atoms with Crippen LogP contribution in [-0.4, -0.2) is 11.9 Å². The summed E-state index contributed by atoms with van der Waals surface area (Å²) in [5.41, 5.74) is 6.76. The predicted molar refractivity (Wildman–Crippen MR) is 84.0 cm³/mol. The van der Waals surface area contributed by atoms with Gasteiger partial charge in [-0.3, -0.25) is 4.79 Å². The molecule has 1 aliphatic carbocycles. The maximum absolute atomic E-state index is 12.2. The van der Waals surface area contributed by atoms with Crippen LogP contribution in [0.1, 0.15) is 55.8 Å². The summed E-state index contributed by atoms with van der Waals surface area (Å²) in [4.78, 5) is 12.2. The molecule has 110 valence electrons. The van der Waals surface area contributed by atoms with E-state index < -0.39 is 0 Å². The van der Waals surface area contributed by atoms with E-state index in [1.165, 1.54) is 38.5 Å². The largest absolute Gasteiger partial charge is 0.398 e. The molecule has 0 saturated heterocycles. The lowest BCUT2D eigenvalue weighted by atomic mass is 9.93. The van der Waals surface area contributed by atoms with Crippen LogP contribution < -0.4 is 11.1 Å². The molecular weight excluding hydrogens is 272 g/mol. The molecule has 1 fully saturated rings. The van der Waals surface area contributed by atoms with Crippen LogP contribution >= 0.6 is 11.6 Å². The molecule has 0 heterocycles. The average molecular weight is 295 g/mol. The van der Waals surface area contributed by atoms with Gasteiger partial charge in [0.05, 0.1) is 10.7 Å². The fraction of sp³-hybridized carbons (Fsp3) is 0.562. The topological polar surface area (TPSA) is 55.1 Å². The van der Waals surface area contributed by atoms with Gasteiger partial charge in [-0.15, -0.1) is 0 Å². The van der Waals surface area contributed by atoms with Crippen molar-refractivity contribution in [1.82, 2.24) is 5.32 Å². The van der Waals surface area contributed by atoms with Crippen LogP contribution in [0.15, 0.2) is 18.2 Å². The molecule has 2 rings (SSSR count). The lowest BCUT2D eigenvalue weighted by molar-refractivity contribution is 0.0924. The fourth-order valence-corrected chi connectivity index (χ4v) is 3.02. The van der Waals surface area contributed by atoms with Crippen molar-refractivity contribution in [3.63, 3.8) is 0 Å². The van der Waals surface area contributed by atoms with Crippen molar-refractivity contribution in [3.05, 3.63) is 28.8 Å². The van der Waals surface area contributed by atoms with Gasteiger partial charge >= 0.3 is 0 Å². The van der Waals surface area contributed by atoms with E-state index in [1.54, 1.807) is 18.2 Å². The zero-order valence-electron chi connectivity index (χ0n) is 12.0. The highest BCUT2D eigenvalue weighted by molar-refractivity contribution is 6.33. The Balaban J connectivity index is 1.97. The Morgan fingerprint density at radius 3 is 2.55 bits per heavy atom. The molecule has 1 aromatic carbocycles. The third-order valence-electron chi connectivity index (χ3n) is 4.22. The lowest BCUT2D eigenvalue weighted by Crippen LogP contribution is -2.38. The Kier molecular flexibility index (Phi) is 5.30. The number of anilines is 1. The van der Waals surface area contributed by atoms with Gasteiger partial charge in [0.1, 0.15) is 0 Å². The normalized spacial score (nSPS) is 18.3. The predicted octanol–water partition coefficient (Wildman–Crippen LogP) is 4.01. The summed E-state index contributed by atoms with van der Waals surface area (Å²) in [6.07, 6.45) is 7.63. The maximum Gasteiger partial charge on any atom is 0.251 e. The molecule has 3 nitrogen and oxygen atoms in total. The van der Waals surface area contributed by atoms with Crippen LogP contribution in [0, 0.1) is 5.92 Å². The number of nitrogens with two attached hydrogens (primary N) is 1. The Hall–Kier alpha value is -1.22. The minimum atomic E-state index is -0.0647. The van der Waals surface area contributed by atoms with Crippen molar-refractivity contribution < 1.29 is 4.79 Å². The van der Waals surface area contributed by atoms with E-state index in [4.69, 9.17) is 17.3 Å². The van der Waals surface area contributed by atoms with E-state index in [-0.39, 0.29) is 11.9 Å². The van der Waals surface area contributed by atoms with Gasteiger partial charge in [0.15, 0.2) is 0 Å². The van der Waals surface area contributed by atoms with Gasteiger partial charge in [-0.1, -0.05) is 37.3 Å². The van der Waals surface area contributed by atoms with Gasteiger partial charge in [-0.25, -0.2) is 0 Å². The minimum absolute atomic E-state index is 0.0647. The van der Waals surface area contributed by atoms with Gasteiger partial charge in [0.2, 0.25) is 0 Å². The van der Waals surface area contributed by atoms with Crippen molar-refractivity contribution in [1.29, 1.82) is 0 Å². The van der Waals surface area contributed by atoms with Gasteiger partial charge < -0.3 is 11.1 Å². The number of nitrogens with one attached hydrogen (secondary N) is 1. The number of carbonyl (C=O) groups is 1. The number of hydrogen-bond donors (Lipinski definition) is 2. The molecule has 0 aliphatic heterocycles. The van der Waals surface area contributed by atoms with Crippen LogP contribution in [0.25, 0.3) is 0 Å². The minimum Gasteiger partial charge on any atom is -0.398 e. The summed E-state index contributed by atoms with van der Waals surface area (Å²) in [6, 6.07) is 5.23. The van der Waals surface area contributed by atoms with E-state index in [1.807, 2.05) is 0 Å². The molecule has 1 atom stereocenters. The van der Waals surface area contributed by atoms with Gasteiger partial charge in [0, 0.05) is 11.6 Å². The summed E-state index contributed by atoms with van der Waals surface area (Å²) in [5, 5.41) is 3.59. The van der Waals surface area contributed by atoms with E-state index >= 15 is 0 Å². The molecule has 0 spiro atoms. The number of nitrogen functional groups attached to an aromatic ring is 1. The maximum atomic E-state index is 12.2. The van der Waals surface area contributed by atoms with E-state index in [0.29, 0.717) is 22.2 Å². The fourth-order valence-electron chi connectivity index (χ4n) is 2.90. The summed E-state index contributed by atoms with van der Waals surface area (Å²) in [7, 11) is 0. The Bertz CT molecular complexity index is 468. The number of benzene rings is 1. The summed E-state index contributed by atoms with van der Waals surface area (Å²) < 4.78 is 0. The second-order valence-electron chi connectivity index (χ2n) is 5.75. The van der Waals surface area contributed by atoms with Crippen LogP contribution in [0.4, 0.5) is 5.69 Å². The van der Waals surface area contributed by atoms with Crippen LogP contribution in [-0.2, 0) is 0 Å². The number of hydrogen-bond acceptors (Lipinski definition) is 2. The third-order valence-corrected chi connectivity index (χ3v) is 4.57. The molecule has 1 aliphatic rings. The van der Waals surface area contributed by atoms with Crippen molar-refractivity contribution in [2.75, 3.05) is 5.73 Å². The second kappa shape index (κ2) is 6.98. The highest BCUT2D eigenvalue weighted by Gasteiger charge is 2.21. The zero-order chi connectivity index (χ0) is 14.5. The molecular formula is C16H23ClN2O. The summed E-state index contributed by atoms with van der Waals surface area (Å²) >= 11 is 5.87. The molecule has 1 aromatic rings. The molecule has 1 saturated carbocycles. The first-order chi connectivity index (χ1) is 9.58. The van der Waals surface area contributed by atoms with Crippen molar-refractivity contribution in [2.45, 2.75) is 51.5 Å². The summed E-state index contributed by atoms with van der Waals surface area (Å²) in [5.74, 6) is 0.524. The molecule has 0 radical (unpaired) electrons. The SMILES string of the molecule is C[C@@H](NC(=O)c1ccc(Cl)c(N)c1)C1CCCCCC1. The first-order valence-electron chi connectivity index (χ1n) is 7.44. The van der Waals surface area contributed by atoms with E-state index in [0.717, 1.165) is 0 Å². The molecule has 20 heavy (non-hydrogen) atoms. The molecule has 4 heteroatoms. The lowest BCUT2D eigenvalue weighted by Gasteiger charge is -2.23. The van der Waals surface area contributed by atoms with Gasteiger partial charge in [0.25, 0.3) is 5.91 Å². The molecule has 0 bridgehead atoms. The molecule has 3 N–H and O–H groups in total. The number of amides is 1. The van der Waals surface area contributed by atoms with Crippen LogP contribution in [0.5, 0.6) is 0 Å². The smallest absolute Gasteiger partial charge is 0.251 e. The molecule has 0 unspecified atom stereocenters. The second-order valence-corrected chi connectivity index (χ2v) is 6.16. The number of halogens is 1. The first kappa shape index (κ1) is 15.2. The summed E-state index contributed by atoms with van der Waals surface area (Å²) in [6.45, 7) is 2.10. The quantitative estimate of drug-likeness (QED) is 0.654. The molecule has 0 aromatic heterocycles. The average Bonchev–Trinajstić information content (AvgIpc) is 2.70. The Morgan fingerprint density at radius 1 is 1.30 bits per heavy atom. The van der Waals surface area contributed by atoms with Gasteiger partial charge in [-0.05, 0) is 43.9 Å².